The molecule has 1 aromatic heterocycles. The number of aromatic carboxylic acids is 1. The number of rotatable bonds is 2. The third-order valence-corrected chi connectivity index (χ3v) is 4.10. The predicted molar refractivity (Wildman–Crippen MR) is 80.5 cm³/mol. The van der Waals surface area contributed by atoms with E-state index in [2.05, 4.69) is 20.9 Å². The lowest BCUT2D eigenvalue weighted by Crippen LogP contribution is -1.97. The van der Waals surface area contributed by atoms with Gasteiger partial charge in [-0.1, -0.05) is 15.9 Å². The summed E-state index contributed by atoms with van der Waals surface area (Å²) in [6.45, 7) is 2.01. The molecule has 0 unspecified atom stereocenters. The molecule has 4 nitrogen and oxygen atoms in total. The van der Waals surface area contributed by atoms with E-state index in [4.69, 9.17) is 5.11 Å². The van der Waals surface area contributed by atoms with E-state index in [1.165, 1.54) is 0 Å². The molecule has 0 aliphatic rings. The number of carboxylic acids is 1. The summed E-state index contributed by atoms with van der Waals surface area (Å²) in [6, 6.07) is 10.9. The Bertz CT molecular complexity index is 824. The second-order valence-electron chi connectivity index (χ2n) is 4.56. The topological polar surface area (TPSA) is 55.1 Å². The summed E-state index contributed by atoms with van der Waals surface area (Å²) < 4.78 is 2.93. The molecule has 0 saturated carbocycles. The maximum atomic E-state index is 11.1. The molecule has 3 rings (SSSR count). The first-order valence-corrected chi connectivity index (χ1v) is 6.82. The largest absolute Gasteiger partial charge is 0.478 e. The van der Waals surface area contributed by atoms with Gasteiger partial charge in [0.05, 0.1) is 16.6 Å². The van der Waals surface area contributed by atoms with Gasteiger partial charge in [-0.3, -0.25) is 4.57 Å². The van der Waals surface area contributed by atoms with Crippen LogP contribution in [-0.4, -0.2) is 20.6 Å². The number of aromatic nitrogens is 2. The Morgan fingerprint density at radius 3 is 2.75 bits per heavy atom. The van der Waals surface area contributed by atoms with Crippen molar-refractivity contribution in [2.24, 2.45) is 0 Å². The minimum absolute atomic E-state index is 0.257. The van der Waals surface area contributed by atoms with Crippen LogP contribution >= 0.6 is 15.9 Å². The van der Waals surface area contributed by atoms with Crippen molar-refractivity contribution in [3.8, 4) is 5.69 Å². The number of nitrogens with zero attached hydrogens (tertiary/aromatic N) is 2. The predicted octanol–water partition coefficient (Wildman–Crippen LogP) is 3.79. The standard InChI is InChI=1S/C15H11BrN2O2/c1-9-6-11(3-4-12(9)16)18-8-17-13-5-2-10(15(19)20)7-14(13)18/h2-8H,1H3,(H,19,20). The van der Waals surface area contributed by atoms with Crippen molar-refractivity contribution < 1.29 is 9.90 Å². The number of halogens is 1. The van der Waals surface area contributed by atoms with Crippen molar-refractivity contribution in [1.82, 2.24) is 9.55 Å². The highest BCUT2D eigenvalue weighted by Crippen LogP contribution is 2.23. The maximum Gasteiger partial charge on any atom is 0.335 e. The van der Waals surface area contributed by atoms with Crippen LogP contribution in [0.4, 0.5) is 0 Å². The number of carbonyl (C=O) groups is 1. The number of fused-ring (bicyclic) bond motifs is 1. The molecule has 0 bridgehead atoms. The zero-order valence-corrected chi connectivity index (χ0v) is 12.3. The number of imidazole rings is 1. The van der Waals surface area contributed by atoms with Gasteiger partial charge in [-0.05, 0) is 48.9 Å². The van der Waals surface area contributed by atoms with E-state index in [1.807, 2.05) is 29.7 Å². The van der Waals surface area contributed by atoms with Gasteiger partial charge in [0.15, 0.2) is 0 Å². The SMILES string of the molecule is Cc1cc(-n2cnc3ccc(C(=O)O)cc32)ccc1Br. The second-order valence-corrected chi connectivity index (χ2v) is 5.41. The van der Waals surface area contributed by atoms with Crippen LogP contribution in [-0.2, 0) is 0 Å². The van der Waals surface area contributed by atoms with Crippen molar-refractivity contribution in [2.45, 2.75) is 6.92 Å². The number of hydrogen-bond donors (Lipinski definition) is 1. The molecule has 0 amide bonds. The van der Waals surface area contributed by atoms with Crippen molar-refractivity contribution >= 4 is 32.9 Å². The smallest absolute Gasteiger partial charge is 0.335 e. The van der Waals surface area contributed by atoms with Crippen molar-refractivity contribution in [3.63, 3.8) is 0 Å². The number of benzene rings is 2. The molecule has 1 N–H and O–H groups in total. The summed E-state index contributed by atoms with van der Waals surface area (Å²) in [5.41, 5.74) is 3.88. The molecule has 0 aliphatic carbocycles. The lowest BCUT2D eigenvalue weighted by atomic mass is 10.2. The fraction of sp³-hybridized carbons (Fsp3) is 0.0667. The lowest BCUT2D eigenvalue weighted by molar-refractivity contribution is 0.0697. The highest BCUT2D eigenvalue weighted by Gasteiger charge is 2.09. The summed E-state index contributed by atoms with van der Waals surface area (Å²) in [6.07, 6.45) is 1.71. The molecule has 0 fully saturated rings. The molecule has 5 heteroatoms. The van der Waals surface area contributed by atoms with Crippen LogP contribution in [0.25, 0.3) is 16.7 Å². The third kappa shape index (κ3) is 2.10. The van der Waals surface area contributed by atoms with Crippen molar-refractivity contribution in [3.05, 3.63) is 58.3 Å². The number of carboxylic acid groups (broad SMARTS) is 1. The average molecular weight is 331 g/mol. The van der Waals surface area contributed by atoms with Gasteiger partial charge in [-0.25, -0.2) is 9.78 Å². The molecule has 0 spiro atoms. The summed E-state index contributed by atoms with van der Waals surface area (Å²) in [7, 11) is 0. The van der Waals surface area contributed by atoms with E-state index >= 15 is 0 Å². The Morgan fingerprint density at radius 1 is 1.25 bits per heavy atom. The number of hydrogen-bond acceptors (Lipinski definition) is 2. The van der Waals surface area contributed by atoms with Crippen LogP contribution in [0, 0.1) is 6.92 Å². The van der Waals surface area contributed by atoms with Crippen molar-refractivity contribution in [2.75, 3.05) is 0 Å². The second kappa shape index (κ2) is 4.76. The fourth-order valence-corrected chi connectivity index (χ4v) is 2.37. The molecule has 0 saturated heterocycles. The zero-order chi connectivity index (χ0) is 14.3. The van der Waals surface area contributed by atoms with Gasteiger partial charge in [-0.2, -0.15) is 0 Å². The van der Waals surface area contributed by atoms with Gasteiger partial charge < -0.3 is 5.11 Å². The van der Waals surface area contributed by atoms with Gasteiger partial charge >= 0.3 is 5.97 Å². The van der Waals surface area contributed by atoms with E-state index < -0.39 is 5.97 Å². The zero-order valence-electron chi connectivity index (χ0n) is 10.7. The minimum Gasteiger partial charge on any atom is -0.478 e. The normalized spacial score (nSPS) is 10.9. The molecule has 0 radical (unpaired) electrons. The summed E-state index contributed by atoms with van der Waals surface area (Å²) in [5.74, 6) is -0.938. The Kier molecular flexibility index (Phi) is 3.06. The van der Waals surface area contributed by atoms with Gasteiger partial charge in [0, 0.05) is 10.2 Å². The van der Waals surface area contributed by atoms with E-state index in [-0.39, 0.29) is 5.56 Å². The Balaban J connectivity index is 2.22. The molecule has 100 valence electrons. The van der Waals surface area contributed by atoms with Crippen LogP contribution in [0.2, 0.25) is 0 Å². The molecular weight excluding hydrogens is 320 g/mol. The molecule has 3 aromatic rings. The summed E-state index contributed by atoms with van der Waals surface area (Å²) >= 11 is 3.47. The van der Waals surface area contributed by atoms with Gasteiger partial charge in [0.2, 0.25) is 0 Å². The first-order valence-electron chi connectivity index (χ1n) is 6.03. The highest BCUT2D eigenvalue weighted by atomic mass is 79.9. The van der Waals surface area contributed by atoms with E-state index in [0.717, 1.165) is 26.8 Å². The summed E-state index contributed by atoms with van der Waals surface area (Å²) in [5, 5.41) is 9.09. The lowest BCUT2D eigenvalue weighted by Gasteiger charge is -2.07. The average Bonchev–Trinajstić information content (AvgIpc) is 2.84. The Labute approximate surface area is 123 Å². The summed E-state index contributed by atoms with van der Waals surface area (Å²) in [4.78, 5) is 15.4. The molecule has 0 atom stereocenters. The first kappa shape index (κ1) is 12.9. The van der Waals surface area contributed by atoms with E-state index in [9.17, 15) is 4.79 Å². The molecule has 0 aliphatic heterocycles. The first-order chi connectivity index (χ1) is 9.56. The van der Waals surface area contributed by atoms with Gasteiger partial charge in [-0.15, -0.1) is 0 Å². The third-order valence-electron chi connectivity index (χ3n) is 3.21. The van der Waals surface area contributed by atoms with Gasteiger partial charge in [0.1, 0.15) is 6.33 Å². The van der Waals surface area contributed by atoms with Gasteiger partial charge in [0.25, 0.3) is 0 Å². The maximum absolute atomic E-state index is 11.1. The molecular formula is C15H11BrN2O2. The van der Waals surface area contributed by atoms with Crippen LogP contribution < -0.4 is 0 Å². The molecule has 1 heterocycles. The number of aryl methyl sites for hydroxylation is 1. The van der Waals surface area contributed by atoms with Crippen LogP contribution in [0.5, 0.6) is 0 Å². The van der Waals surface area contributed by atoms with E-state index in [0.29, 0.717) is 0 Å². The highest BCUT2D eigenvalue weighted by molar-refractivity contribution is 9.10. The van der Waals surface area contributed by atoms with Crippen LogP contribution in [0.15, 0.2) is 47.2 Å². The van der Waals surface area contributed by atoms with Crippen LogP contribution in [0.3, 0.4) is 0 Å². The fourth-order valence-electron chi connectivity index (χ4n) is 2.13. The van der Waals surface area contributed by atoms with E-state index in [1.54, 1.807) is 24.5 Å². The monoisotopic (exact) mass is 330 g/mol. The quantitative estimate of drug-likeness (QED) is 0.777. The van der Waals surface area contributed by atoms with Crippen molar-refractivity contribution in [1.29, 1.82) is 0 Å². The Morgan fingerprint density at radius 2 is 2.05 bits per heavy atom. The molecule has 2 aromatic carbocycles. The molecule has 20 heavy (non-hydrogen) atoms. The van der Waals surface area contributed by atoms with Crippen LogP contribution in [0.1, 0.15) is 15.9 Å². The Hall–Kier alpha value is -2.14. The minimum atomic E-state index is -0.938.